The monoisotopic (exact) mass is 556 g/mol. The summed E-state index contributed by atoms with van der Waals surface area (Å²) in [4.78, 5) is 21.7. The Kier molecular flexibility index (Phi) is 8.74. The minimum Gasteiger partial charge on any atom is -0.438 e. The van der Waals surface area contributed by atoms with Crippen molar-refractivity contribution in [2.45, 2.75) is 32.7 Å². The SMILES string of the molecule is CC.Cc1ccc(-n2nc(S(C)(C)C)cc2NC(=O)Nc2ccc(Oc3ccnc(C)n3)c3ccccc23)cc1. The molecular weight excluding hydrogens is 520 g/mol. The number of anilines is 2. The van der Waals surface area contributed by atoms with Crippen LogP contribution in [0.15, 0.2) is 84.0 Å². The largest absolute Gasteiger partial charge is 0.438 e. The normalized spacial score (nSPS) is 11.4. The minimum absolute atomic E-state index is 0.362. The van der Waals surface area contributed by atoms with E-state index in [4.69, 9.17) is 9.84 Å². The number of hydrogen-bond acceptors (Lipinski definition) is 5. The molecule has 0 saturated heterocycles. The average molecular weight is 557 g/mol. The van der Waals surface area contributed by atoms with Gasteiger partial charge in [-0.2, -0.15) is 10.1 Å². The fraction of sp³-hybridized carbons (Fsp3) is 0.226. The van der Waals surface area contributed by atoms with Crippen LogP contribution in [0.3, 0.4) is 0 Å². The summed E-state index contributed by atoms with van der Waals surface area (Å²) in [6.07, 6.45) is 8.19. The Morgan fingerprint density at radius 3 is 2.25 bits per heavy atom. The van der Waals surface area contributed by atoms with Gasteiger partial charge in [0.2, 0.25) is 5.88 Å². The van der Waals surface area contributed by atoms with Gasteiger partial charge in [0.15, 0.2) is 0 Å². The molecule has 208 valence electrons. The molecule has 0 aliphatic rings. The summed E-state index contributed by atoms with van der Waals surface area (Å²) in [6.45, 7) is 7.85. The van der Waals surface area contributed by atoms with E-state index in [1.165, 1.54) is 0 Å². The fourth-order valence-electron chi connectivity index (χ4n) is 3.97. The van der Waals surface area contributed by atoms with Gasteiger partial charge in [-0.05, 0) is 56.9 Å². The van der Waals surface area contributed by atoms with Crippen LogP contribution in [-0.2, 0) is 0 Å². The highest BCUT2D eigenvalue weighted by Gasteiger charge is 2.19. The molecule has 0 saturated carbocycles. The van der Waals surface area contributed by atoms with Gasteiger partial charge < -0.3 is 10.1 Å². The van der Waals surface area contributed by atoms with Crippen molar-refractivity contribution in [3.8, 4) is 17.3 Å². The number of aryl methyl sites for hydroxylation is 2. The van der Waals surface area contributed by atoms with Crippen LogP contribution in [0.2, 0.25) is 0 Å². The lowest BCUT2D eigenvalue weighted by Crippen LogP contribution is -2.21. The number of nitrogens with one attached hydrogen (secondary N) is 2. The molecule has 5 aromatic rings. The molecule has 0 spiro atoms. The number of hydrogen-bond donors (Lipinski definition) is 2. The summed E-state index contributed by atoms with van der Waals surface area (Å²) >= 11 is 0. The van der Waals surface area contributed by atoms with Gasteiger partial charge >= 0.3 is 6.03 Å². The summed E-state index contributed by atoms with van der Waals surface area (Å²) in [5, 5.41) is 13.5. The molecule has 0 fully saturated rings. The Labute approximate surface area is 237 Å². The van der Waals surface area contributed by atoms with Crippen LogP contribution in [-0.4, -0.2) is 44.5 Å². The average Bonchev–Trinajstić information content (AvgIpc) is 3.36. The Bertz CT molecular complexity index is 1620. The van der Waals surface area contributed by atoms with E-state index in [1.54, 1.807) is 16.9 Å². The summed E-state index contributed by atoms with van der Waals surface area (Å²) in [7, 11) is -1.10. The van der Waals surface area contributed by atoms with Crippen molar-refractivity contribution >= 4 is 38.3 Å². The highest BCUT2D eigenvalue weighted by molar-refractivity contribution is 8.32. The zero-order valence-corrected chi connectivity index (χ0v) is 24.8. The Balaban J connectivity index is 0.00000181. The van der Waals surface area contributed by atoms with Crippen molar-refractivity contribution < 1.29 is 9.53 Å². The number of fused-ring (bicyclic) bond motifs is 1. The Hall–Kier alpha value is -4.37. The molecule has 0 radical (unpaired) electrons. The third-order valence-electron chi connectivity index (χ3n) is 5.93. The lowest BCUT2D eigenvalue weighted by Gasteiger charge is -2.21. The van der Waals surface area contributed by atoms with Crippen LogP contribution in [0.4, 0.5) is 16.3 Å². The number of ether oxygens (including phenoxy) is 1. The Morgan fingerprint density at radius 2 is 1.57 bits per heavy atom. The van der Waals surface area contributed by atoms with Crippen molar-refractivity contribution in [3.63, 3.8) is 0 Å². The Morgan fingerprint density at radius 1 is 0.875 bits per heavy atom. The molecule has 0 atom stereocenters. The maximum Gasteiger partial charge on any atom is 0.324 e. The number of rotatable bonds is 6. The molecule has 0 aliphatic carbocycles. The van der Waals surface area contributed by atoms with Gasteiger partial charge in [0, 0.05) is 29.1 Å². The van der Waals surface area contributed by atoms with Crippen LogP contribution in [0.25, 0.3) is 16.5 Å². The molecule has 2 heterocycles. The molecule has 0 bridgehead atoms. The molecule has 2 N–H and O–H groups in total. The van der Waals surface area contributed by atoms with Crippen molar-refractivity contribution in [1.29, 1.82) is 0 Å². The molecule has 3 aromatic carbocycles. The van der Waals surface area contributed by atoms with Crippen molar-refractivity contribution in [2.75, 3.05) is 29.4 Å². The highest BCUT2D eigenvalue weighted by atomic mass is 32.3. The molecule has 40 heavy (non-hydrogen) atoms. The first-order chi connectivity index (χ1) is 19.2. The summed E-state index contributed by atoms with van der Waals surface area (Å²) in [5.41, 5.74) is 2.70. The van der Waals surface area contributed by atoms with Crippen molar-refractivity contribution in [3.05, 3.63) is 90.4 Å². The molecule has 2 aromatic heterocycles. The standard InChI is InChI=1S/C29H30N6O2S.C2H6/c1-19-10-12-21(13-11-19)35-26(18-28(34-35)38(3,4)5)33-29(36)32-24-14-15-25(23-9-7-6-8-22(23)24)37-27-16-17-30-20(2)31-27;1-2/h6-18H,1-5H3,(H2,32,33,36);1-2H3. The molecule has 2 amide bonds. The van der Waals surface area contributed by atoms with E-state index in [1.807, 2.05) is 94.4 Å². The number of carbonyl (C=O) groups is 1. The van der Waals surface area contributed by atoms with Gasteiger partial charge in [-0.15, -0.1) is 0 Å². The lowest BCUT2D eigenvalue weighted by molar-refractivity contribution is 0.262. The second-order valence-corrected chi connectivity index (χ2v) is 13.8. The minimum atomic E-state index is -1.10. The van der Waals surface area contributed by atoms with Gasteiger partial charge in [-0.25, -0.2) is 24.5 Å². The van der Waals surface area contributed by atoms with Gasteiger partial charge in [0.05, 0.1) is 11.4 Å². The number of benzene rings is 3. The maximum absolute atomic E-state index is 13.2. The van der Waals surface area contributed by atoms with E-state index in [0.717, 1.165) is 27.0 Å². The molecule has 8 nitrogen and oxygen atoms in total. The van der Waals surface area contributed by atoms with Crippen LogP contribution in [0, 0.1) is 13.8 Å². The first kappa shape index (κ1) is 28.6. The quantitative estimate of drug-likeness (QED) is 0.221. The number of amides is 2. The van der Waals surface area contributed by atoms with E-state index in [-0.39, 0.29) is 6.03 Å². The summed E-state index contributed by atoms with van der Waals surface area (Å²) in [5.74, 6) is 2.33. The lowest BCUT2D eigenvalue weighted by atomic mass is 10.1. The van der Waals surface area contributed by atoms with E-state index in [2.05, 4.69) is 39.4 Å². The van der Waals surface area contributed by atoms with Gasteiger partial charge in [-0.3, -0.25) is 5.32 Å². The highest BCUT2D eigenvalue weighted by Crippen LogP contribution is 2.45. The second kappa shape index (κ2) is 12.2. The first-order valence-corrected chi connectivity index (χ1v) is 16.0. The van der Waals surface area contributed by atoms with Crippen LogP contribution in [0.1, 0.15) is 25.2 Å². The van der Waals surface area contributed by atoms with Crippen LogP contribution < -0.4 is 15.4 Å². The van der Waals surface area contributed by atoms with Crippen LogP contribution in [0.5, 0.6) is 11.6 Å². The van der Waals surface area contributed by atoms with Crippen molar-refractivity contribution in [2.24, 2.45) is 0 Å². The smallest absolute Gasteiger partial charge is 0.324 e. The third kappa shape index (κ3) is 6.60. The predicted octanol–water partition coefficient (Wildman–Crippen LogP) is 7.95. The zero-order valence-electron chi connectivity index (χ0n) is 24.0. The number of carbonyl (C=O) groups excluding carboxylic acids is 1. The number of aromatic nitrogens is 4. The molecule has 9 heteroatoms. The molecule has 0 aliphatic heterocycles. The summed E-state index contributed by atoms with van der Waals surface area (Å²) in [6, 6.07) is 22.8. The summed E-state index contributed by atoms with van der Waals surface area (Å²) < 4.78 is 7.83. The predicted molar refractivity (Wildman–Crippen MR) is 167 cm³/mol. The number of urea groups is 1. The van der Waals surface area contributed by atoms with E-state index >= 15 is 0 Å². The van der Waals surface area contributed by atoms with Gasteiger partial charge in [-0.1, -0.05) is 55.8 Å². The second-order valence-electron chi connectivity index (χ2n) is 9.73. The van der Waals surface area contributed by atoms with Gasteiger partial charge in [0.1, 0.15) is 22.4 Å². The maximum atomic E-state index is 13.2. The molecule has 5 rings (SSSR count). The first-order valence-electron chi connectivity index (χ1n) is 13.1. The van der Waals surface area contributed by atoms with Crippen LogP contribution >= 0.6 is 10.0 Å². The van der Waals surface area contributed by atoms with Gasteiger partial charge in [0.25, 0.3) is 0 Å². The zero-order chi connectivity index (χ0) is 28.9. The number of nitrogens with zero attached hydrogens (tertiary/aromatic N) is 4. The fourth-order valence-corrected chi connectivity index (χ4v) is 4.77. The van der Waals surface area contributed by atoms with Crippen molar-refractivity contribution in [1.82, 2.24) is 19.7 Å². The third-order valence-corrected chi connectivity index (χ3v) is 7.39. The topological polar surface area (TPSA) is 94.0 Å². The molecular formula is C31H36N6O2S. The van der Waals surface area contributed by atoms with E-state index in [9.17, 15) is 4.79 Å². The van der Waals surface area contributed by atoms with E-state index in [0.29, 0.717) is 29.0 Å². The van der Waals surface area contributed by atoms with E-state index < -0.39 is 10.0 Å². The molecule has 0 unspecified atom stereocenters.